The van der Waals surface area contributed by atoms with E-state index in [2.05, 4.69) is 47.6 Å². The van der Waals surface area contributed by atoms with Gasteiger partial charge in [-0.3, -0.25) is 4.79 Å². The van der Waals surface area contributed by atoms with Gasteiger partial charge in [0.25, 0.3) is 5.91 Å². The topological polar surface area (TPSA) is 20.3 Å². The van der Waals surface area contributed by atoms with Gasteiger partial charge in [-0.1, -0.05) is 65.8 Å². The molecule has 0 saturated carbocycles. The predicted octanol–water partition coefficient (Wildman–Crippen LogP) is 5.56. The number of hydrogen-bond acceptors (Lipinski definition) is 1. The number of carbonyl (C=O) groups excluding carboxylic acids is 1. The van der Waals surface area contributed by atoms with Gasteiger partial charge in [0.05, 0.1) is 0 Å². The van der Waals surface area contributed by atoms with Crippen molar-refractivity contribution in [3.63, 3.8) is 0 Å². The van der Waals surface area contributed by atoms with Crippen LogP contribution in [0.2, 0.25) is 0 Å². The van der Waals surface area contributed by atoms with E-state index in [0.717, 1.165) is 11.3 Å². The molecule has 0 atom stereocenters. The minimum absolute atomic E-state index is 0.00160. The normalized spacial score (nSPS) is 12.1. The molecule has 0 aliphatic heterocycles. The number of amides is 1. The molecule has 2 nitrogen and oxygen atoms in total. The predicted molar refractivity (Wildman–Crippen MR) is 103 cm³/mol. The van der Waals surface area contributed by atoms with Gasteiger partial charge in [-0.2, -0.15) is 0 Å². The summed E-state index contributed by atoms with van der Waals surface area (Å²) in [6, 6.07) is 16.1. The minimum Gasteiger partial charge on any atom is -0.311 e. The summed E-state index contributed by atoms with van der Waals surface area (Å²) in [7, 11) is 1.83. The highest BCUT2D eigenvalue weighted by atomic mass is 16.2. The molecule has 0 spiro atoms. The number of benzene rings is 2. The molecule has 0 N–H and O–H groups in total. The van der Waals surface area contributed by atoms with E-state index in [1.165, 1.54) is 11.1 Å². The lowest BCUT2D eigenvalue weighted by Gasteiger charge is -2.27. The molecule has 0 radical (unpaired) electrons. The number of para-hydroxylation sites is 1. The van der Waals surface area contributed by atoms with Gasteiger partial charge in [-0.25, -0.2) is 0 Å². The molecule has 0 aromatic heterocycles. The molecule has 2 rings (SSSR count). The Labute approximate surface area is 146 Å². The Morgan fingerprint density at radius 3 is 1.67 bits per heavy atom. The number of anilines is 1. The van der Waals surface area contributed by atoms with Crippen LogP contribution in [0, 0.1) is 0 Å². The molecule has 0 unspecified atom stereocenters. The standard InChI is InChI=1S/C22H29NO/c1-21(2,3)17-13-16(14-18(15-17)22(4,5)6)20(24)23(7)19-11-9-8-10-12-19/h8-15H,1-7H3. The number of nitrogens with zero attached hydrogens (tertiary/aromatic N) is 1. The molecular formula is C22H29NO. The van der Waals surface area contributed by atoms with Crippen molar-refractivity contribution in [3.8, 4) is 0 Å². The van der Waals surface area contributed by atoms with Gasteiger partial charge in [0, 0.05) is 18.3 Å². The van der Waals surface area contributed by atoms with Crippen molar-refractivity contribution in [3.05, 3.63) is 65.2 Å². The molecule has 2 aromatic carbocycles. The van der Waals surface area contributed by atoms with Crippen molar-refractivity contribution in [2.45, 2.75) is 52.4 Å². The van der Waals surface area contributed by atoms with Gasteiger partial charge in [-0.05, 0) is 46.2 Å². The average Bonchev–Trinajstić information content (AvgIpc) is 2.52. The van der Waals surface area contributed by atoms with Crippen LogP contribution in [0.15, 0.2) is 48.5 Å². The van der Waals surface area contributed by atoms with Crippen LogP contribution in [0.25, 0.3) is 0 Å². The second-order valence-corrected chi connectivity index (χ2v) is 8.50. The Balaban J connectivity index is 2.51. The molecule has 0 aliphatic rings. The van der Waals surface area contributed by atoms with Gasteiger partial charge in [-0.15, -0.1) is 0 Å². The van der Waals surface area contributed by atoms with E-state index in [9.17, 15) is 4.79 Å². The largest absolute Gasteiger partial charge is 0.311 e. The van der Waals surface area contributed by atoms with E-state index in [0.29, 0.717) is 0 Å². The van der Waals surface area contributed by atoms with Crippen LogP contribution >= 0.6 is 0 Å². The fourth-order valence-electron chi connectivity index (χ4n) is 2.58. The van der Waals surface area contributed by atoms with Crippen molar-refractivity contribution in [2.75, 3.05) is 11.9 Å². The van der Waals surface area contributed by atoms with E-state index in [4.69, 9.17) is 0 Å². The summed E-state index contributed by atoms with van der Waals surface area (Å²) < 4.78 is 0. The molecule has 2 heteroatoms. The third-order valence-electron chi connectivity index (χ3n) is 4.36. The second kappa shape index (κ2) is 6.43. The van der Waals surface area contributed by atoms with Crippen LogP contribution in [0.1, 0.15) is 63.0 Å². The number of rotatable bonds is 2. The lowest BCUT2D eigenvalue weighted by atomic mass is 9.79. The summed E-state index contributed by atoms with van der Waals surface area (Å²) in [5.41, 5.74) is 4.04. The van der Waals surface area contributed by atoms with Crippen LogP contribution in [-0.4, -0.2) is 13.0 Å². The fraction of sp³-hybridized carbons (Fsp3) is 0.409. The zero-order valence-corrected chi connectivity index (χ0v) is 16.0. The first-order valence-electron chi connectivity index (χ1n) is 8.49. The first-order chi connectivity index (χ1) is 11.0. The van der Waals surface area contributed by atoms with Gasteiger partial charge < -0.3 is 4.90 Å². The van der Waals surface area contributed by atoms with Gasteiger partial charge >= 0.3 is 0 Å². The molecule has 0 heterocycles. The molecule has 0 saturated heterocycles. The number of hydrogen-bond donors (Lipinski definition) is 0. The zero-order chi connectivity index (χ0) is 18.1. The van der Waals surface area contributed by atoms with Crippen LogP contribution in [-0.2, 0) is 10.8 Å². The molecule has 0 aliphatic carbocycles. The Morgan fingerprint density at radius 1 is 0.792 bits per heavy atom. The average molecular weight is 323 g/mol. The first kappa shape index (κ1) is 18.3. The Bertz CT molecular complexity index is 686. The van der Waals surface area contributed by atoms with E-state index in [1.54, 1.807) is 4.90 Å². The highest BCUT2D eigenvalue weighted by Crippen LogP contribution is 2.31. The van der Waals surface area contributed by atoms with Crippen molar-refractivity contribution < 1.29 is 4.79 Å². The third kappa shape index (κ3) is 4.05. The van der Waals surface area contributed by atoms with Gasteiger partial charge in [0.2, 0.25) is 0 Å². The van der Waals surface area contributed by atoms with Crippen molar-refractivity contribution in [2.24, 2.45) is 0 Å². The highest BCUT2D eigenvalue weighted by molar-refractivity contribution is 6.06. The summed E-state index contributed by atoms with van der Waals surface area (Å²) >= 11 is 0. The monoisotopic (exact) mass is 323 g/mol. The van der Waals surface area contributed by atoms with Gasteiger partial charge in [0.15, 0.2) is 0 Å². The lowest BCUT2D eigenvalue weighted by Crippen LogP contribution is -2.27. The molecular weight excluding hydrogens is 294 g/mol. The van der Waals surface area contributed by atoms with Crippen LogP contribution in [0.5, 0.6) is 0 Å². The van der Waals surface area contributed by atoms with Crippen LogP contribution < -0.4 is 4.90 Å². The van der Waals surface area contributed by atoms with E-state index < -0.39 is 0 Å². The SMILES string of the molecule is CN(C(=O)c1cc(C(C)(C)C)cc(C(C)(C)C)c1)c1ccccc1. The molecule has 1 amide bonds. The van der Waals surface area contributed by atoms with E-state index in [1.807, 2.05) is 49.5 Å². The summed E-state index contributed by atoms with van der Waals surface area (Å²) in [6.45, 7) is 13.1. The molecule has 128 valence electrons. The Morgan fingerprint density at radius 2 is 1.25 bits per heavy atom. The molecule has 2 aromatic rings. The smallest absolute Gasteiger partial charge is 0.258 e. The maximum atomic E-state index is 13.0. The van der Waals surface area contributed by atoms with Crippen LogP contribution in [0.4, 0.5) is 5.69 Å². The van der Waals surface area contributed by atoms with Crippen molar-refractivity contribution in [1.29, 1.82) is 0 Å². The van der Waals surface area contributed by atoms with Crippen molar-refractivity contribution >= 4 is 11.6 Å². The van der Waals surface area contributed by atoms with E-state index in [-0.39, 0.29) is 16.7 Å². The summed E-state index contributed by atoms with van der Waals surface area (Å²) in [5, 5.41) is 0. The summed E-state index contributed by atoms with van der Waals surface area (Å²) in [4.78, 5) is 14.7. The van der Waals surface area contributed by atoms with Crippen LogP contribution in [0.3, 0.4) is 0 Å². The summed E-state index contributed by atoms with van der Waals surface area (Å²) in [6.07, 6.45) is 0. The molecule has 24 heavy (non-hydrogen) atoms. The Kier molecular flexibility index (Phi) is 4.89. The third-order valence-corrected chi connectivity index (χ3v) is 4.36. The highest BCUT2D eigenvalue weighted by Gasteiger charge is 2.23. The minimum atomic E-state index is 0.00160. The lowest BCUT2D eigenvalue weighted by molar-refractivity contribution is 0.0992. The molecule has 0 fully saturated rings. The quantitative estimate of drug-likeness (QED) is 0.708. The first-order valence-corrected chi connectivity index (χ1v) is 8.49. The Hall–Kier alpha value is -2.09. The summed E-state index contributed by atoms with van der Waals surface area (Å²) in [5.74, 6) is 0.0257. The maximum absolute atomic E-state index is 13.0. The molecule has 0 bridgehead atoms. The maximum Gasteiger partial charge on any atom is 0.258 e. The van der Waals surface area contributed by atoms with Gasteiger partial charge in [0.1, 0.15) is 0 Å². The zero-order valence-electron chi connectivity index (χ0n) is 16.0. The van der Waals surface area contributed by atoms with E-state index >= 15 is 0 Å². The van der Waals surface area contributed by atoms with Crippen molar-refractivity contribution in [1.82, 2.24) is 0 Å². The second-order valence-electron chi connectivity index (χ2n) is 8.50. The number of carbonyl (C=O) groups is 1. The fourth-order valence-corrected chi connectivity index (χ4v) is 2.58.